The third-order valence-corrected chi connectivity index (χ3v) is 2.36. The number of rotatable bonds is 2. The van der Waals surface area contributed by atoms with Gasteiger partial charge >= 0.3 is 0 Å². The molecule has 4 heteroatoms. The van der Waals surface area contributed by atoms with Gasteiger partial charge in [0.15, 0.2) is 0 Å². The van der Waals surface area contributed by atoms with Crippen LogP contribution in [0.4, 0.5) is 4.39 Å². The summed E-state index contributed by atoms with van der Waals surface area (Å²) < 4.78 is 13.1. The zero-order chi connectivity index (χ0) is 12.3. The molecule has 0 aromatic heterocycles. The molecule has 2 N–H and O–H groups in total. The number of halogens is 1. The van der Waals surface area contributed by atoms with Crippen molar-refractivity contribution < 1.29 is 14.7 Å². The summed E-state index contributed by atoms with van der Waals surface area (Å²) in [4.78, 5) is 0. The highest BCUT2D eigenvalue weighted by Gasteiger charge is 2.12. The molecule has 86 valence electrons. The highest BCUT2D eigenvalue weighted by molar-refractivity contribution is 6.14. The fourth-order valence-corrected chi connectivity index (χ4v) is 1.56. The van der Waals surface area contributed by atoms with Crippen molar-refractivity contribution in [1.82, 2.24) is 0 Å². The Morgan fingerprint density at radius 1 is 1.06 bits per heavy atom. The fourth-order valence-electron chi connectivity index (χ4n) is 1.56. The van der Waals surface area contributed by atoms with Crippen molar-refractivity contribution in [3.63, 3.8) is 0 Å². The smallest absolute Gasteiger partial charge is 0.125 e. The molecule has 0 heterocycles. The van der Waals surface area contributed by atoms with Gasteiger partial charge in [0.25, 0.3) is 0 Å². The molecule has 2 aromatic rings. The number of hydrogen-bond donors (Lipinski definition) is 2. The highest BCUT2D eigenvalue weighted by atomic mass is 19.1. The molecular formula is C13H10FNO2. The largest absolute Gasteiger partial charge is 0.507 e. The third-order valence-electron chi connectivity index (χ3n) is 2.36. The zero-order valence-corrected chi connectivity index (χ0v) is 8.84. The van der Waals surface area contributed by atoms with E-state index in [0.29, 0.717) is 5.56 Å². The summed E-state index contributed by atoms with van der Waals surface area (Å²) in [5, 5.41) is 21.8. The van der Waals surface area contributed by atoms with E-state index in [4.69, 9.17) is 5.21 Å². The van der Waals surface area contributed by atoms with E-state index in [9.17, 15) is 9.50 Å². The van der Waals surface area contributed by atoms with Gasteiger partial charge < -0.3 is 10.3 Å². The summed E-state index contributed by atoms with van der Waals surface area (Å²) >= 11 is 0. The average molecular weight is 231 g/mol. The van der Waals surface area contributed by atoms with E-state index in [1.165, 1.54) is 6.07 Å². The topological polar surface area (TPSA) is 52.8 Å². The van der Waals surface area contributed by atoms with Crippen molar-refractivity contribution >= 4 is 5.71 Å². The van der Waals surface area contributed by atoms with E-state index in [-0.39, 0.29) is 17.0 Å². The molecule has 17 heavy (non-hydrogen) atoms. The molecule has 3 nitrogen and oxygen atoms in total. The summed E-state index contributed by atoms with van der Waals surface area (Å²) in [6.07, 6.45) is 0. The summed E-state index contributed by atoms with van der Waals surface area (Å²) in [5.41, 5.74) is 0.872. The average Bonchev–Trinajstić information content (AvgIpc) is 2.36. The van der Waals surface area contributed by atoms with Crippen LogP contribution in [-0.4, -0.2) is 16.0 Å². The molecule has 0 fully saturated rings. The van der Waals surface area contributed by atoms with Gasteiger partial charge in [-0.1, -0.05) is 35.5 Å². The van der Waals surface area contributed by atoms with Crippen LogP contribution in [0.2, 0.25) is 0 Å². The third kappa shape index (κ3) is 2.25. The van der Waals surface area contributed by atoms with E-state index in [0.717, 1.165) is 12.1 Å². The molecule has 0 radical (unpaired) electrons. The second kappa shape index (κ2) is 4.65. The van der Waals surface area contributed by atoms with E-state index >= 15 is 0 Å². The zero-order valence-electron chi connectivity index (χ0n) is 8.84. The summed E-state index contributed by atoms with van der Waals surface area (Å²) in [6, 6.07) is 12.2. The molecule has 0 saturated heterocycles. The minimum atomic E-state index is -0.505. The molecule has 0 spiro atoms. The molecule has 2 aromatic carbocycles. The van der Waals surface area contributed by atoms with E-state index < -0.39 is 5.82 Å². The molecular weight excluding hydrogens is 221 g/mol. The molecule has 0 aliphatic carbocycles. The van der Waals surface area contributed by atoms with Crippen LogP contribution >= 0.6 is 0 Å². The van der Waals surface area contributed by atoms with Crippen LogP contribution in [0.1, 0.15) is 11.1 Å². The second-order valence-electron chi connectivity index (χ2n) is 3.48. The Morgan fingerprint density at radius 2 is 1.76 bits per heavy atom. The minimum Gasteiger partial charge on any atom is -0.507 e. The number of hydrogen-bond acceptors (Lipinski definition) is 3. The lowest BCUT2D eigenvalue weighted by atomic mass is 10.0. The summed E-state index contributed by atoms with van der Waals surface area (Å²) in [7, 11) is 0. The number of phenols is 1. The molecule has 2 rings (SSSR count). The van der Waals surface area contributed by atoms with Gasteiger partial charge in [-0.05, 0) is 18.2 Å². The van der Waals surface area contributed by atoms with Gasteiger partial charge in [-0.2, -0.15) is 0 Å². The first-order valence-corrected chi connectivity index (χ1v) is 4.98. The maximum atomic E-state index is 13.1. The SMILES string of the molecule is ON=C(c1ccccc1)c1cc(F)ccc1O. The van der Waals surface area contributed by atoms with E-state index in [1.54, 1.807) is 24.3 Å². The van der Waals surface area contributed by atoms with Crippen molar-refractivity contribution in [3.05, 3.63) is 65.5 Å². The van der Waals surface area contributed by atoms with Gasteiger partial charge in [0, 0.05) is 11.1 Å². The monoisotopic (exact) mass is 231 g/mol. The van der Waals surface area contributed by atoms with Gasteiger partial charge in [0.2, 0.25) is 0 Å². The van der Waals surface area contributed by atoms with Crippen LogP contribution in [0.25, 0.3) is 0 Å². The quantitative estimate of drug-likeness (QED) is 0.474. The van der Waals surface area contributed by atoms with Crippen LogP contribution in [-0.2, 0) is 0 Å². The lowest BCUT2D eigenvalue weighted by Gasteiger charge is -2.07. The van der Waals surface area contributed by atoms with Crippen molar-refractivity contribution in [2.45, 2.75) is 0 Å². The predicted molar refractivity (Wildman–Crippen MR) is 61.9 cm³/mol. The van der Waals surface area contributed by atoms with Crippen molar-refractivity contribution in [2.75, 3.05) is 0 Å². The summed E-state index contributed by atoms with van der Waals surface area (Å²) in [6.45, 7) is 0. The van der Waals surface area contributed by atoms with Crippen LogP contribution in [0.5, 0.6) is 5.75 Å². The Morgan fingerprint density at radius 3 is 2.41 bits per heavy atom. The molecule has 0 aliphatic heterocycles. The van der Waals surface area contributed by atoms with Crippen molar-refractivity contribution in [1.29, 1.82) is 0 Å². The number of nitrogens with zero attached hydrogens (tertiary/aromatic N) is 1. The van der Waals surface area contributed by atoms with Gasteiger partial charge in [-0.3, -0.25) is 0 Å². The first-order chi connectivity index (χ1) is 8.22. The number of aromatic hydroxyl groups is 1. The van der Waals surface area contributed by atoms with Crippen LogP contribution in [0.3, 0.4) is 0 Å². The van der Waals surface area contributed by atoms with Crippen LogP contribution in [0.15, 0.2) is 53.7 Å². The Balaban J connectivity index is 2.54. The molecule has 0 amide bonds. The maximum absolute atomic E-state index is 13.1. The van der Waals surface area contributed by atoms with Gasteiger partial charge in [-0.15, -0.1) is 0 Å². The number of benzene rings is 2. The van der Waals surface area contributed by atoms with E-state index in [1.807, 2.05) is 6.07 Å². The first kappa shape index (κ1) is 11.1. The molecule has 0 bridgehead atoms. The lowest BCUT2D eigenvalue weighted by molar-refractivity contribution is 0.319. The van der Waals surface area contributed by atoms with Crippen LogP contribution < -0.4 is 0 Å². The number of oxime groups is 1. The number of phenolic OH excluding ortho intramolecular Hbond substituents is 1. The fraction of sp³-hybridized carbons (Fsp3) is 0. The Labute approximate surface area is 97.5 Å². The van der Waals surface area contributed by atoms with Gasteiger partial charge in [-0.25, -0.2) is 4.39 Å². The first-order valence-electron chi connectivity index (χ1n) is 4.98. The summed E-state index contributed by atoms with van der Waals surface area (Å²) in [5.74, 6) is -0.641. The predicted octanol–water partition coefficient (Wildman–Crippen LogP) is 2.76. The van der Waals surface area contributed by atoms with Crippen molar-refractivity contribution in [3.8, 4) is 5.75 Å². The van der Waals surface area contributed by atoms with E-state index in [2.05, 4.69) is 5.16 Å². The lowest BCUT2D eigenvalue weighted by Crippen LogP contribution is -2.04. The Kier molecular flexibility index (Phi) is 3.05. The molecule has 0 unspecified atom stereocenters. The Bertz CT molecular complexity index is 553. The molecule has 0 aliphatic rings. The molecule has 0 atom stereocenters. The highest BCUT2D eigenvalue weighted by Crippen LogP contribution is 2.22. The second-order valence-corrected chi connectivity index (χ2v) is 3.48. The normalized spacial score (nSPS) is 11.5. The Hall–Kier alpha value is -2.36. The van der Waals surface area contributed by atoms with Crippen LogP contribution in [0, 0.1) is 5.82 Å². The standard InChI is InChI=1S/C13H10FNO2/c14-10-6-7-12(16)11(8-10)13(15-17)9-4-2-1-3-5-9/h1-8,16-17H. The molecule has 0 saturated carbocycles. The van der Waals surface area contributed by atoms with Gasteiger partial charge in [0.05, 0.1) is 0 Å². The maximum Gasteiger partial charge on any atom is 0.125 e. The van der Waals surface area contributed by atoms with Crippen molar-refractivity contribution in [2.24, 2.45) is 5.16 Å². The van der Waals surface area contributed by atoms with Gasteiger partial charge in [0.1, 0.15) is 17.3 Å². The minimum absolute atomic E-state index is 0.127.